The second-order valence-electron chi connectivity index (χ2n) is 12.6. The van der Waals surface area contributed by atoms with Crippen molar-refractivity contribution in [2.45, 2.75) is 103 Å². The number of nitrogens with one attached hydrogen (secondary N) is 1. The number of aliphatic hydroxyl groups is 2. The van der Waals surface area contributed by atoms with E-state index >= 15 is 0 Å². The lowest BCUT2D eigenvalue weighted by atomic mass is 9.43. The standard InChI is InChI=1S/C27H50N2O3/c1-25-13-11-22(30)19-21(25)8-9-24-23(25)12-14-26(2)20(10-15-27(24,26)31)7-5-16-28-32-18-6-17-29(3)4/h20-24,28,30-31H,5-19H2,1-4H3/t20-,21+,22-,23-,24+,25-,26+,27-/m0/s1. The Bertz CT molecular complexity index is 630. The van der Waals surface area contributed by atoms with Crippen LogP contribution < -0.4 is 5.48 Å². The van der Waals surface area contributed by atoms with Gasteiger partial charge in [0.15, 0.2) is 0 Å². The van der Waals surface area contributed by atoms with Crippen LogP contribution in [0.1, 0.15) is 90.9 Å². The molecule has 0 aliphatic heterocycles. The maximum atomic E-state index is 12.2. The normalized spacial score (nSPS) is 46.0. The van der Waals surface area contributed by atoms with E-state index in [9.17, 15) is 10.2 Å². The molecule has 0 saturated heterocycles. The van der Waals surface area contributed by atoms with Gasteiger partial charge >= 0.3 is 0 Å². The van der Waals surface area contributed by atoms with Gasteiger partial charge in [0.1, 0.15) is 0 Å². The molecule has 4 aliphatic carbocycles. The highest BCUT2D eigenvalue weighted by molar-refractivity contribution is 5.16. The Morgan fingerprint density at radius 3 is 2.56 bits per heavy atom. The largest absolute Gasteiger partial charge is 0.393 e. The highest BCUT2D eigenvalue weighted by Gasteiger charge is 2.66. The summed E-state index contributed by atoms with van der Waals surface area (Å²) in [6, 6.07) is 0. The SMILES string of the molecule is CN(C)CCCONCCC[C@H]1CC[C@]2(O)[C@@H]3CC[C@@H]4C[C@@H](O)CC[C@]4(C)[C@H]3CC[C@]12C. The second-order valence-corrected chi connectivity index (χ2v) is 12.6. The summed E-state index contributed by atoms with van der Waals surface area (Å²) in [5.41, 5.74) is 3.07. The van der Waals surface area contributed by atoms with E-state index in [1.165, 1.54) is 38.5 Å². The van der Waals surface area contributed by atoms with Crippen LogP contribution in [0.15, 0.2) is 0 Å². The Labute approximate surface area is 196 Å². The highest BCUT2D eigenvalue weighted by Crippen LogP contribution is 2.69. The van der Waals surface area contributed by atoms with Crippen molar-refractivity contribution in [3.05, 3.63) is 0 Å². The number of hydrogen-bond acceptors (Lipinski definition) is 5. The Morgan fingerprint density at radius 2 is 1.78 bits per heavy atom. The fourth-order valence-electron chi connectivity index (χ4n) is 8.79. The van der Waals surface area contributed by atoms with E-state index in [4.69, 9.17) is 4.84 Å². The number of nitrogens with zero attached hydrogens (tertiary/aromatic N) is 1. The molecule has 3 N–H and O–H groups in total. The first kappa shape index (κ1) is 24.9. The Kier molecular flexibility index (Phi) is 7.64. The Hall–Kier alpha value is -0.200. The fourth-order valence-corrected chi connectivity index (χ4v) is 8.79. The minimum Gasteiger partial charge on any atom is -0.393 e. The van der Waals surface area contributed by atoms with Gasteiger partial charge in [-0.2, -0.15) is 0 Å². The molecule has 0 radical (unpaired) electrons. The van der Waals surface area contributed by atoms with Crippen LogP contribution in [0.3, 0.4) is 0 Å². The number of rotatable bonds is 9. The highest BCUT2D eigenvalue weighted by atomic mass is 16.6. The van der Waals surface area contributed by atoms with Crippen molar-refractivity contribution in [2.24, 2.45) is 34.5 Å². The molecule has 0 aromatic heterocycles. The van der Waals surface area contributed by atoms with Crippen molar-refractivity contribution in [2.75, 3.05) is 33.8 Å². The van der Waals surface area contributed by atoms with Crippen LogP contribution in [-0.4, -0.2) is 60.6 Å². The molecule has 0 amide bonds. The van der Waals surface area contributed by atoms with Gasteiger partial charge in [0.05, 0.1) is 18.3 Å². The monoisotopic (exact) mass is 450 g/mol. The molecule has 0 aromatic carbocycles. The van der Waals surface area contributed by atoms with E-state index in [0.717, 1.165) is 58.2 Å². The molecule has 4 saturated carbocycles. The minimum atomic E-state index is -0.485. The lowest BCUT2D eigenvalue weighted by Crippen LogP contribution is -2.62. The predicted molar refractivity (Wildman–Crippen MR) is 129 cm³/mol. The molecule has 0 unspecified atom stereocenters. The number of hydroxylamine groups is 1. The number of aliphatic hydroxyl groups excluding tert-OH is 1. The van der Waals surface area contributed by atoms with Gasteiger partial charge < -0.3 is 20.0 Å². The lowest BCUT2D eigenvalue weighted by Gasteiger charge is -2.63. The van der Waals surface area contributed by atoms with E-state index in [-0.39, 0.29) is 11.5 Å². The maximum absolute atomic E-state index is 12.2. The van der Waals surface area contributed by atoms with Gasteiger partial charge in [0, 0.05) is 6.54 Å². The molecular weight excluding hydrogens is 400 g/mol. The van der Waals surface area contributed by atoms with Crippen LogP contribution in [0, 0.1) is 34.5 Å². The zero-order valence-electron chi connectivity index (χ0n) is 21.2. The van der Waals surface area contributed by atoms with Gasteiger partial charge in [-0.15, -0.1) is 0 Å². The van der Waals surface area contributed by atoms with Crippen LogP contribution in [0.4, 0.5) is 0 Å². The van der Waals surface area contributed by atoms with Crippen LogP contribution in [0.2, 0.25) is 0 Å². The van der Waals surface area contributed by atoms with Gasteiger partial charge in [-0.1, -0.05) is 13.8 Å². The molecule has 0 spiro atoms. The molecule has 0 bridgehead atoms. The zero-order chi connectivity index (χ0) is 23.0. The summed E-state index contributed by atoms with van der Waals surface area (Å²) < 4.78 is 0. The van der Waals surface area contributed by atoms with Gasteiger partial charge in [0.25, 0.3) is 0 Å². The number of hydrogen-bond donors (Lipinski definition) is 3. The maximum Gasteiger partial charge on any atom is 0.0734 e. The first-order valence-electron chi connectivity index (χ1n) is 13.6. The van der Waals surface area contributed by atoms with E-state index in [1.807, 2.05) is 0 Å². The molecule has 0 heterocycles. The number of fused-ring (bicyclic) bond motifs is 5. The molecule has 4 aliphatic rings. The third kappa shape index (κ3) is 4.42. The Balaban J connectivity index is 1.31. The average molecular weight is 451 g/mol. The summed E-state index contributed by atoms with van der Waals surface area (Å²) in [6.45, 7) is 7.65. The summed E-state index contributed by atoms with van der Waals surface area (Å²) >= 11 is 0. The molecular formula is C27H50N2O3. The predicted octanol–water partition coefficient (Wildman–Crippen LogP) is 4.37. The van der Waals surface area contributed by atoms with Crippen molar-refractivity contribution in [1.82, 2.24) is 10.4 Å². The summed E-state index contributed by atoms with van der Waals surface area (Å²) in [5.74, 6) is 2.38. The summed E-state index contributed by atoms with van der Waals surface area (Å²) in [6.07, 6.45) is 13.4. The fraction of sp³-hybridized carbons (Fsp3) is 1.00. The molecule has 4 fully saturated rings. The Morgan fingerprint density at radius 1 is 0.969 bits per heavy atom. The van der Waals surface area contributed by atoms with E-state index < -0.39 is 5.60 Å². The minimum absolute atomic E-state index is 0.0676. The van der Waals surface area contributed by atoms with Gasteiger partial charge in [-0.25, -0.2) is 5.48 Å². The molecule has 186 valence electrons. The van der Waals surface area contributed by atoms with Gasteiger partial charge in [0.2, 0.25) is 0 Å². The van der Waals surface area contributed by atoms with Crippen LogP contribution in [0.5, 0.6) is 0 Å². The van der Waals surface area contributed by atoms with Crippen molar-refractivity contribution < 1.29 is 15.1 Å². The molecule has 0 aromatic rings. The lowest BCUT2D eigenvalue weighted by molar-refractivity contribution is -0.210. The third-order valence-corrected chi connectivity index (χ3v) is 10.8. The van der Waals surface area contributed by atoms with Crippen molar-refractivity contribution >= 4 is 0 Å². The smallest absolute Gasteiger partial charge is 0.0734 e. The molecule has 4 rings (SSSR count). The van der Waals surface area contributed by atoms with E-state index in [2.05, 4.69) is 38.3 Å². The average Bonchev–Trinajstić information content (AvgIpc) is 3.01. The zero-order valence-corrected chi connectivity index (χ0v) is 21.2. The van der Waals surface area contributed by atoms with E-state index in [0.29, 0.717) is 29.1 Å². The first-order valence-corrected chi connectivity index (χ1v) is 13.6. The van der Waals surface area contributed by atoms with Crippen LogP contribution >= 0.6 is 0 Å². The van der Waals surface area contributed by atoms with Crippen molar-refractivity contribution in [1.29, 1.82) is 0 Å². The summed E-state index contributed by atoms with van der Waals surface area (Å²) in [5, 5.41) is 22.5. The summed E-state index contributed by atoms with van der Waals surface area (Å²) in [7, 11) is 4.19. The van der Waals surface area contributed by atoms with Gasteiger partial charge in [-0.05, 0) is 132 Å². The third-order valence-electron chi connectivity index (χ3n) is 10.8. The molecule has 5 heteroatoms. The molecule has 8 atom stereocenters. The van der Waals surface area contributed by atoms with Crippen molar-refractivity contribution in [3.8, 4) is 0 Å². The summed E-state index contributed by atoms with van der Waals surface area (Å²) in [4.78, 5) is 7.78. The van der Waals surface area contributed by atoms with Gasteiger partial charge in [-0.3, -0.25) is 0 Å². The molecule has 32 heavy (non-hydrogen) atoms. The van der Waals surface area contributed by atoms with Crippen molar-refractivity contribution in [3.63, 3.8) is 0 Å². The topological polar surface area (TPSA) is 65.0 Å². The second kappa shape index (κ2) is 9.81. The van der Waals surface area contributed by atoms with Crippen LogP contribution in [-0.2, 0) is 4.84 Å². The van der Waals surface area contributed by atoms with E-state index in [1.54, 1.807) is 0 Å². The van der Waals surface area contributed by atoms with Crippen LogP contribution in [0.25, 0.3) is 0 Å². The quantitative estimate of drug-likeness (QED) is 0.359. The first-order chi connectivity index (χ1) is 15.2. The molecule has 5 nitrogen and oxygen atoms in total.